The number of carbonyl (C=O) groups excluding carboxylic acids is 2. The van der Waals surface area contributed by atoms with Gasteiger partial charge in [-0.2, -0.15) is 0 Å². The molecule has 0 bridgehead atoms. The molecular weight excluding hydrogens is 276 g/mol. The van der Waals surface area contributed by atoms with E-state index in [0.29, 0.717) is 18.2 Å². The Kier molecular flexibility index (Phi) is 7.64. The molecule has 4 nitrogen and oxygen atoms in total. The Morgan fingerprint density at radius 3 is 2.50 bits per heavy atom. The largest absolute Gasteiger partial charge is 0.348 e. The molecule has 0 aliphatic rings. The maximum Gasteiger partial charge on any atom is 0.313 e. The summed E-state index contributed by atoms with van der Waals surface area (Å²) >= 11 is 0. The highest BCUT2D eigenvalue weighted by Crippen LogP contribution is 2.17. The maximum absolute atomic E-state index is 12.0. The van der Waals surface area contributed by atoms with E-state index in [9.17, 15) is 9.59 Å². The van der Waals surface area contributed by atoms with Gasteiger partial charge < -0.3 is 10.6 Å². The van der Waals surface area contributed by atoms with Crippen LogP contribution in [0.3, 0.4) is 0 Å². The Hall–Kier alpha value is -1.84. The van der Waals surface area contributed by atoms with Crippen molar-refractivity contribution in [1.29, 1.82) is 0 Å². The number of rotatable bonds is 7. The standard InChI is InChI=1S/C18H28N2O2/c1-5-7-10-15(6-2)12-19-17(21)18(22)20-16-11-8-9-13(3)14(16)4/h8-9,11,15H,5-7,10,12H2,1-4H3,(H,19,21)(H,20,22)/t15-/m0/s1. The van der Waals surface area contributed by atoms with Crippen molar-refractivity contribution in [3.8, 4) is 0 Å². The van der Waals surface area contributed by atoms with Crippen molar-refractivity contribution in [3.05, 3.63) is 29.3 Å². The fourth-order valence-electron chi connectivity index (χ4n) is 2.33. The van der Waals surface area contributed by atoms with Crippen molar-refractivity contribution in [2.75, 3.05) is 11.9 Å². The smallest absolute Gasteiger partial charge is 0.313 e. The van der Waals surface area contributed by atoms with Gasteiger partial charge in [-0.05, 0) is 43.4 Å². The molecule has 0 heterocycles. The molecule has 0 aromatic heterocycles. The zero-order valence-electron chi connectivity index (χ0n) is 14.2. The van der Waals surface area contributed by atoms with Gasteiger partial charge in [0.25, 0.3) is 0 Å². The summed E-state index contributed by atoms with van der Waals surface area (Å²) in [4.78, 5) is 23.9. The number of benzene rings is 1. The molecule has 0 saturated heterocycles. The molecule has 1 atom stereocenters. The van der Waals surface area contributed by atoms with Crippen molar-refractivity contribution in [2.45, 2.75) is 53.4 Å². The van der Waals surface area contributed by atoms with Gasteiger partial charge in [-0.1, -0.05) is 45.2 Å². The van der Waals surface area contributed by atoms with Crippen LogP contribution in [-0.4, -0.2) is 18.4 Å². The first-order valence-corrected chi connectivity index (χ1v) is 8.14. The lowest BCUT2D eigenvalue weighted by Gasteiger charge is -2.15. The Labute approximate surface area is 133 Å². The van der Waals surface area contributed by atoms with Crippen molar-refractivity contribution < 1.29 is 9.59 Å². The highest BCUT2D eigenvalue weighted by molar-refractivity contribution is 6.39. The molecule has 0 radical (unpaired) electrons. The van der Waals surface area contributed by atoms with Crippen molar-refractivity contribution >= 4 is 17.5 Å². The van der Waals surface area contributed by atoms with E-state index < -0.39 is 11.8 Å². The Morgan fingerprint density at radius 1 is 1.14 bits per heavy atom. The van der Waals surface area contributed by atoms with E-state index in [1.807, 2.05) is 32.0 Å². The average Bonchev–Trinajstić information content (AvgIpc) is 2.51. The highest BCUT2D eigenvalue weighted by Gasteiger charge is 2.16. The average molecular weight is 304 g/mol. The van der Waals surface area contributed by atoms with E-state index in [-0.39, 0.29) is 0 Å². The number of hydrogen-bond acceptors (Lipinski definition) is 2. The van der Waals surface area contributed by atoms with Crippen molar-refractivity contribution in [2.24, 2.45) is 5.92 Å². The number of nitrogens with one attached hydrogen (secondary N) is 2. The molecule has 2 amide bonds. The van der Waals surface area contributed by atoms with Gasteiger partial charge in [0.2, 0.25) is 0 Å². The van der Waals surface area contributed by atoms with Crippen LogP contribution >= 0.6 is 0 Å². The molecule has 122 valence electrons. The summed E-state index contributed by atoms with van der Waals surface area (Å²) in [7, 11) is 0. The molecule has 1 aromatic carbocycles. The number of unbranched alkanes of at least 4 members (excludes halogenated alkanes) is 1. The number of hydrogen-bond donors (Lipinski definition) is 2. The third-order valence-corrected chi connectivity index (χ3v) is 4.15. The van der Waals surface area contributed by atoms with Crippen LogP contribution in [0.25, 0.3) is 0 Å². The third-order valence-electron chi connectivity index (χ3n) is 4.15. The second-order valence-corrected chi connectivity index (χ2v) is 5.83. The lowest BCUT2D eigenvalue weighted by atomic mass is 9.99. The van der Waals surface area contributed by atoms with Crippen LogP contribution in [0.15, 0.2) is 18.2 Å². The van der Waals surface area contributed by atoms with Crippen LogP contribution < -0.4 is 10.6 Å². The lowest BCUT2D eigenvalue weighted by Crippen LogP contribution is -2.38. The van der Waals surface area contributed by atoms with E-state index in [1.54, 1.807) is 0 Å². The first kappa shape index (κ1) is 18.2. The maximum atomic E-state index is 12.0. The summed E-state index contributed by atoms with van der Waals surface area (Å²) in [6.45, 7) is 8.74. The number of carbonyl (C=O) groups is 2. The fraction of sp³-hybridized carbons (Fsp3) is 0.556. The van der Waals surface area contributed by atoms with Gasteiger partial charge in [0, 0.05) is 12.2 Å². The Morgan fingerprint density at radius 2 is 1.86 bits per heavy atom. The zero-order chi connectivity index (χ0) is 16.5. The predicted molar refractivity (Wildman–Crippen MR) is 90.9 cm³/mol. The summed E-state index contributed by atoms with van der Waals surface area (Å²) in [5, 5.41) is 5.43. The van der Waals surface area contributed by atoms with Crippen LogP contribution in [0.2, 0.25) is 0 Å². The van der Waals surface area contributed by atoms with Crippen LogP contribution in [-0.2, 0) is 9.59 Å². The summed E-state index contributed by atoms with van der Waals surface area (Å²) in [5.41, 5.74) is 2.76. The minimum Gasteiger partial charge on any atom is -0.348 e. The van der Waals surface area contributed by atoms with Crippen LogP contribution in [0.1, 0.15) is 50.7 Å². The third kappa shape index (κ3) is 5.51. The molecule has 0 aliphatic heterocycles. The fourth-order valence-corrected chi connectivity index (χ4v) is 2.33. The number of anilines is 1. The SMILES string of the molecule is CCCC[C@H](CC)CNC(=O)C(=O)Nc1cccc(C)c1C. The van der Waals surface area contributed by atoms with Gasteiger partial charge in [0.15, 0.2) is 0 Å². The number of aryl methyl sites for hydroxylation is 1. The molecule has 0 aliphatic carbocycles. The Bertz CT molecular complexity index is 512. The molecule has 0 saturated carbocycles. The van der Waals surface area contributed by atoms with Gasteiger partial charge in [0.05, 0.1) is 0 Å². The first-order valence-electron chi connectivity index (χ1n) is 8.14. The molecule has 2 N–H and O–H groups in total. The monoisotopic (exact) mass is 304 g/mol. The molecule has 1 aromatic rings. The number of amides is 2. The van der Waals surface area contributed by atoms with E-state index in [2.05, 4.69) is 24.5 Å². The molecule has 1 rings (SSSR count). The quantitative estimate of drug-likeness (QED) is 0.757. The van der Waals surface area contributed by atoms with E-state index in [1.165, 1.54) is 0 Å². The van der Waals surface area contributed by atoms with Gasteiger partial charge in [-0.25, -0.2) is 0 Å². The highest BCUT2D eigenvalue weighted by atomic mass is 16.2. The normalized spacial score (nSPS) is 11.8. The molecule has 4 heteroatoms. The Balaban J connectivity index is 2.51. The topological polar surface area (TPSA) is 58.2 Å². The minimum atomic E-state index is -0.598. The lowest BCUT2D eigenvalue weighted by molar-refractivity contribution is -0.136. The summed E-state index contributed by atoms with van der Waals surface area (Å²) in [6.07, 6.45) is 4.41. The molecule has 0 unspecified atom stereocenters. The first-order chi connectivity index (χ1) is 10.5. The van der Waals surface area contributed by atoms with Gasteiger partial charge in [-0.15, -0.1) is 0 Å². The molecule has 0 fully saturated rings. The van der Waals surface area contributed by atoms with E-state index in [0.717, 1.165) is 36.8 Å². The molecular formula is C18H28N2O2. The second kappa shape index (κ2) is 9.23. The summed E-state index contributed by atoms with van der Waals surface area (Å²) in [6, 6.07) is 5.65. The van der Waals surface area contributed by atoms with Gasteiger partial charge in [0.1, 0.15) is 0 Å². The van der Waals surface area contributed by atoms with E-state index in [4.69, 9.17) is 0 Å². The molecule has 22 heavy (non-hydrogen) atoms. The van der Waals surface area contributed by atoms with Crippen molar-refractivity contribution in [3.63, 3.8) is 0 Å². The summed E-state index contributed by atoms with van der Waals surface area (Å²) in [5.74, 6) is -0.715. The minimum absolute atomic E-state index is 0.442. The summed E-state index contributed by atoms with van der Waals surface area (Å²) < 4.78 is 0. The molecule has 0 spiro atoms. The van der Waals surface area contributed by atoms with Crippen molar-refractivity contribution in [1.82, 2.24) is 5.32 Å². The van der Waals surface area contributed by atoms with Crippen LogP contribution in [0, 0.1) is 19.8 Å². The zero-order valence-corrected chi connectivity index (χ0v) is 14.2. The van der Waals surface area contributed by atoms with Gasteiger partial charge in [-0.3, -0.25) is 9.59 Å². The van der Waals surface area contributed by atoms with Crippen LogP contribution in [0.5, 0.6) is 0 Å². The van der Waals surface area contributed by atoms with E-state index >= 15 is 0 Å². The van der Waals surface area contributed by atoms with Crippen LogP contribution in [0.4, 0.5) is 5.69 Å². The predicted octanol–water partition coefficient (Wildman–Crippen LogP) is 3.57. The van der Waals surface area contributed by atoms with Gasteiger partial charge >= 0.3 is 11.8 Å². The second-order valence-electron chi connectivity index (χ2n) is 5.83.